The lowest BCUT2D eigenvalue weighted by molar-refractivity contribution is -0.126. The summed E-state index contributed by atoms with van der Waals surface area (Å²) < 4.78 is 1.74. The SMILES string of the molecule is Cc1ccc(N2CCC[C@]3(CCN(c4cnn(C)c4)C3=O)C2)nn1. The summed E-state index contributed by atoms with van der Waals surface area (Å²) in [5, 5.41) is 12.6. The lowest BCUT2D eigenvalue weighted by Crippen LogP contribution is -2.48. The average Bonchev–Trinajstić information content (AvgIpc) is 3.13. The fraction of sp³-hybridized carbons (Fsp3) is 0.529. The van der Waals surface area contributed by atoms with E-state index in [1.54, 1.807) is 10.9 Å². The molecule has 24 heavy (non-hydrogen) atoms. The maximum absolute atomic E-state index is 13.1. The molecule has 2 saturated heterocycles. The lowest BCUT2D eigenvalue weighted by atomic mass is 9.78. The number of anilines is 2. The van der Waals surface area contributed by atoms with Gasteiger partial charge in [0.2, 0.25) is 5.91 Å². The summed E-state index contributed by atoms with van der Waals surface area (Å²) in [6.45, 7) is 4.35. The third-order valence-corrected chi connectivity index (χ3v) is 5.20. The van der Waals surface area contributed by atoms with E-state index in [-0.39, 0.29) is 11.3 Å². The number of amides is 1. The Balaban J connectivity index is 1.56. The third-order valence-electron chi connectivity index (χ3n) is 5.20. The van der Waals surface area contributed by atoms with E-state index in [0.717, 1.165) is 56.1 Å². The van der Waals surface area contributed by atoms with Crippen LogP contribution in [-0.2, 0) is 11.8 Å². The van der Waals surface area contributed by atoms with E-state index in [1.807, 2.05) is 37.2 Å². The van der Waals surface area contributed by atoms with Gasteiger partial charge in [-0.2, -0.15) is 10.2 Å². The van der Waals surface area contributed by atoms with Gasteiger partial charge in [-0.25, -0.2) is 0 Å². The first-order chi connectivity index (χ1) is 11.6. The molecule has 1 amide bonds. The smallest absolute Gasteiger partial charge is 0.235 e. The highest BCUT2D eigenvalue weighted by molar-refractivity contribution is 6.00. The second-order valence-electron chi connectivity index (χ2n) is 6.92. The molecule has 0 bridgehead atoms. The molecule has 126 valence electrons. The van der Waals surface area contributed by atoms with Crippen molar-refractivity contribution >= 4 is 17.4 Å². The number of nitrogens with zero attached hydrogens (tertiary/aromatic N) is 6. The molecule has 0 aliphatic carbocycles. The highest BCUT2D eigenvalue weighted by atomic mass is 16.2. The molecule has 7 nitrogen and oxygen atoms in total. The van der Waals surface area contributed by atoms with Crippen LogP contribution in [0.5, 0.6) is 0 Å². The van der Waals surface area contributed by atoms with Gasteiger partial charge in [-0.3, -0.25) is 9.48 Å². The molecule has 2 aromatic rings. The zero-order valence-corrected chi connectivity index (χ0v) is 14.1. The number of piperidine rings is 1. The maximum Gasteiger partial charge on any atom is 0.235 e. The predicted molar refractivity (Wildman–Crippen MR) is 90.8 cm³/mol. The highest BCUT2D eigenvalue weighted by Crippen LogP contribution is 2.42. The fourth-order valence-corrected chi connectivity index (χ4v) is 3.88. The van der Waals surface area contributed by atoms with Crippen molar-refractivity contribution in [2.75, 3.05) is 29.4 Å². The average molecular weight is 326 g/mol. The molecule has 0 unspecified atom stereocenters. The van der Waals surface area contributed by atoms with Crippen LogP contribution in [0.25, 0.3) is 0 Å². The monoisotopic (exact) mass is 326 g/mol. The first kappa shape index (κ1) is 15.1. The Morgan fingerprint density at radius 1 is 1.17 bits per heavy atom. The number of carbonyl (C=O) groups excluding carboxylic acids is 1. The fourth-order valence-electron chi connectivity index (χ4n) is 3.88. The molecule has 2 fully saturated rings. The van der Waals surface area contributed by atoms with E-state index in [1.165, 1.54) is 0 Å². The molecule has 1 spiro atoms. The zero-order valence-electron chi connectivity index (χ0n) is 14.1. The second kappa shape index (κ2) is 5.58. The van der Waals surface area contributed by atoms with Crippen LogP contribution < -0.4 is 9.80 Å². The van der Waals surface area contributed by atoms with E-state index in [2.05, 4.69) is 20.2 Å². The standard InChI is InChI=1S/C17H22N6O/c1-13-4-5-15(20-19-13)22-8-3-6-17(12-22)7-9-23(16(17)24)14-10-18-21(2)11-14/h4-5,10-11H,3,6-9,12H2,1-2H3/t17-/m0/s1. The van der Waals surface area contributed by atoms with Crippen molar-refractivity contribution in [3.63, 3.8) is 0 Å². The van der Waals surface area contributed by atoms with Gasteiger partial charge in [0.25, 0.3) is 0 Å². The van der Waals surface area contributed by atoms with Gasteiger partial charge in [0.15, 0.2) is 5.82 Å². The Morgan fingerprint density at radius 2 is 2.04 bits per heavy atom. The minimum Gasteiger partial charge on any atom is -0.354 e. The summed E-state index contributed by atoms with van der Waals surface area (Å²) >= 11 is 0. The number of aromatic nitrogens is 4. The normalized spacial score (nSPS) is 24.2. The first-order valence-electron chi connectivity index (χ1n) is 8.43. The summed E-state index contributed by atoms with van der Waals surface area (Å²) in [5.74, 6) is 1.09. The van der Waals surface area contributed by atoms with Crippen LogP contribution in [0.1, 0.15) is 25.0 Å². The van der Waals surface area contributed by atoms with Gasteiger partial charge >= 0.3 is 0 Å². The molecule has 0 radical (unpaired) electrons. The molecule has 0 aromatic carbocycles. The quantitative estimate of drug-likeness (QED) is 0.837. The Hall–Kier alpha value is -2.44. The molecular weight excluding hydrogens is 304 g/mol. The maximum atomic E-state index is 13.1. The van der Waals surface area contributed by atoms with Gasteiger partial charge in [-0.05, 0) is 38.3 Å². The van der Waals surface area contributed by atoms with Crippen LogP contribution in [0.4, 0.5) is 11.5 Å². The third kappa shape index (κ3) is 2.44. The van der Waals surface area contributed by atoms with Gasteiger partial charge in [-0.15, -0.1) is 5.10 Å². The minimum atomic E-state index is -0.305. The van der Waals surface area contributed by atoms with Crippen LogP contribution in [0.3, 0.4) is 0 Å². The molecule has 2 aliphatic heterocycles. The van der Waals surface area contributed by atoms with Crippen molar-refractivity contribution in [1.82, 2.24) is 20.0 Å². The van der Waals surface area contributed by atoms with Crippen molar-refractivity contribution in [3.05, 3.63) is 30.2 Å². The molecule has 4 heterocycles. The lowest BCUT2D eigenvalue weighted by Gasteiger charge is -2.39. The molecule has 1 atom stereocenters. The second-order valence-corrected chi connectivity index (χ2v) is 6.92. The van der Waals surface area contributed by atoms with Crippen molar-refractivity contribution in [3.8, 4) is 0 Å². The highest BCUT2D eigenvalue weighted by Gasteiger charge is 2.49. The summed E-state index contributed by atoms with van der Waals surface area (Å²) in [5.41, 5.74) is 1.50. The van der Waals surface area contributed by atoms with Crippen LogP contribution in [-0.4, -0.2) is 45.5 Å². The van der Waals surface area contributed by atoms with E-state index in [0.29, 0.717) is 0 Å². The summed E-state index contributed by atoms with van der Waals surface area (Å²) in [7, 11) is 1.87. The van der Waals surface area contributed by atoms with Crippen LogP contribution in [0, 0.1) is 12.3 Å². The van der Waals surface area contributed by atoms with Gasteiger partial charge in [-0.1, -0.05) is 0 Å². The van der Waals surface area contributed by atoms with Crippen molar-refractivity contribution in [2.45, 2.75) is 26.2 Å². The number of rotatable bonds is 2. The summed E-state index contributed by atoms with van der Waals surface area (Å²) in [6, 6.07) is 3.97. The van der Waals surface area contributed by atoms with Crippen LogP contribution >= 0.6 is 0 Å². The van der Waals surface area contributed by atoms with Crippen molar-refractivity contribution in [2.24, 2.45) is 12.5 Å². The van der Waals surface area contributed by atoms with Crippen molar-refractivity contribution < 1.29 is 4.79 Å². The first-order valence-corrected chi connectivity index (χ1v) is 8.43. The predicted octanol–water partition coefficient (Wildman–Crippen LogP) is 1.54. The Bertz CT molecular complexity index is 755. The van der Waals surface area contributed by atoms with E-state index < -0.39 is 0 Å². The Morgan fingerprint density at radius 3 is 2.75 bits per heavy atom. The molecule has 2 aromatic heterocycles. The van der Waals surface area contributed by atoms with E-state index in [4.69, 9.17) is 0 Å². The number of hydrogen-bond donors (Lipinski definition) is 0. The van der Waals surface area contributed by atoms with Crippen LogP contribution in [0.15, 0.2) is 24.5 Å². The molecule has 0 N–H and O–H groups in total. The van der Waals surface area contributed by atoms with Gasteiger partial charge < -0.3 is 9.80 Å². The Kier molecular flexibility index (Phi) is 3.51. The zero-order chi connectivity index (χ0) is 16.7. The van der Waals surface area contributed by atoms with Gasteiger partial charge in [0.05, 0.1) is 23.0 Å². The Labute approximate surface area is 141 Å². The number of aryl methyl sites for hydroxylation is 2. The van der Waals surface area contributed by atoms with Gasteiger partial charge in [0.1, 0.15) is 0 Å². The molecule has 7 heteroatoms. The minimum absolute atomic E-state index is 0.222. The molecule has 4 rings (SSSR count). The number of carbonyl (C=O) groups is 1. The largest absolute Gasteiger partial charge is 0.354 e. The topological polar surface area (TPSA) is 67.2 Å². The summed E-state index contributed by atoms with van der Waals surface area (Å²) in [4.78, 5) is 17.2. The van der Waals surface area contributed by atoms with Crippen molar-refractivity contribution in [1.29, 1.82) is 0 Å². The summed E-state index contributed by atoms with van der Waals surface area (Å²) in [6.07, 6.45) is 6.50. The van der Waals surface area contributed by atoms with E-state index >= 15 is 0 Å². The van der Waals surface area contributed by atoms with Gasteiger partial charge in [0, 0.05) is 32.9 Å². The molecule has 2 aliphatic rings. The van der Waals surface area contributed by atoms with Crippen LogP contribution in [0.2, 0.25) is 0 Å². The molecule has 0 saturated carbocycles. The molecular formula is C17H22N6O. The van der Waals surface area contributed by atoms with E-state index in [9.17, 15) is 4.79 Å². The number of hydrogen-bond acceptors (Lipinski definition) is 5.